The zero-order valence-electron chi connectivity index (χ0n) is 15.1. The molecule has 8 heteroatoms. The molecule has 1 saturated carbocycles. The summed E-state index contributed by atoms with van der Waals surface area (Å²) in [5, 5.41) is 7.10. The van der Waals surface area contributed by atoms with Gasteiger partial charge < -0.3 is 20.9 Å². The van der Waals surface area contributed by atoms with Crippen LogP contribution in [0.4, 0.5) is 17.6 Å². The molecule has 1 spiro atoms. The molecule has 0 radical (unpaired) electrons. The van der Waals surface area contributed by atoms with Gasteiger partial charge in [0.25, 0.3) is 0 Å². The van der Waals surface area contributed by atoms with E-state index in [4.69, 9.17) is 22.3 Å². The largest absolute Gasteiger partial charge is 0.382 e. The zero-order valence-corrected chi connectivity index (χ0v) is 15.9. The first-order valence-electron chi connectivity index (χ1n) is 9.33. The van der Waals surface area contributed by atoms with Crippen LogP contribution in [0.2, 0.25) is 5.02 Å². The molecule has 2 fully saturated rings. The summed E-state index contributed by atoms with van der Waals surface area (Å²) in [4.78, 5) is 13.2. The van der Waals surface area contributed by atoms with Crippen molar-refractivity contribution in [3.8, 4) is 0 Å². The van der Waals surface area contributed by atoms with E-state index in [0.29, 0.717) is 33.9 Å². The van der Waals surface area contributed by atoms with Crippen molar-refractivity contribution in [2.24, 2.45) is 12.5 Å². The first-order chi connectivity index (χ1) is 12.5. The number of nitrogens with two attached hydrogens (primary N) is 1. The summed E-state index contributed by atoms with van der Waals surface area (Å²) in [6.45, 7) is 2.29. The highest BCUT2D eigenvalue weighted by molar-refractivity contribution is 6.33. The predicted molar refractivity (Wildman–Crippen MR) is 104 cm³/mol. The van der Waals surface area contributed by atoms with Crippen molar-refractivity contribution in [3.63, 3.8) is 0 Å². The summed E-state index contributed by atoms with van der Waals surface area (Å²) in [5.74, 6) is 1.83. The van der Waals surface area contributed by atoms with E-state index in [-0.39, 0.29) is 0 Å². The van der Waals surface area contributed by atoms with Gasteiger partial charge in [-0.05, 0) is 57.0 Å². The number of hydrogen-bond donors (Lipinski definition) is 3. The Morgan fingerprint density at radius 2 is 1.96 bits per heavy atom. The number of aryl methyl sites for hydroxylation is 1. The molecular weight excluding hydrogens is 350 g/mol. The lowest BCUT2D eigenvalue weighted by molar-refractivity contribution is 0.122. The quantitative estimate of drug-likeness (QED) is 0.762. The number of piperidine rings is 1. The highest BCUT2D eigenvalue weighted by atomic mass is 35.5. The van der Waals surface area contributed by atoms with Crippen molar-refractivity contribution in [2.45, 2.75) is 44.4 Å². The van der Waals surface area contributed by atoms with E-state index in [1.165, 1.54) is 25.7 Å². The van der Waals surface area contributed by atoms with Gasteiger partial charge in [0.2, 0.25) is 5.95 Å². The number of imidazole rings is 1. The van der Waals surface area contributed by atoms with Gasteiger partial charge in [-0.25, -0.2) is 9.97 Å². The van der Waals surface area contributed by atoms with Crippen LogP contribution in [0.15, 0.2) is 12.5 Å². The van der Waals surface area contributed by atoms with E-state index in [2.05, 4.69) is 20.6 Å². The van der Waals surface area contributed by atoms with Gasteiger partial charge in [-0.3, -0.25) is 0 Å². The van der Waals surface area contributed by atoms with Gasteiger partial charge in [0.05, 0.1) is 12.0 Å². The number of nitrogens with one attached hydrogen (secondary N) is 2. The Morgan fingerprint density at radius 1 is 1.23 bits per heavy atom. The zero-order chi connectivity index (χ0) is 18.1. The third-order valence-corrected chi connectivity index (χ3v) is 6.33. The number of rotatable bonds is 3. The van der Waals surface area contributed by atoms with E-state index >= 15 is 0 Å². The van der Waals surface area contributed by atoms with E-state index in [9.17, 15) is 0 Å². The molecule has 0 bridgehead atoms. The third-order valence-electron chi connectivity index (χ3n) is 5.94. The second-order valence-corrected chi connectivity index (χ2v) is 8.08. The van der Waals surface area contributed by atoms with Crippen LogP contribution in [0.5, 0.6) is 0 Å². The lowest BCUT2D eigenvalue weighted by atomic mass is 9.65. The molecule has 1 aliphatic heterocycles. The average molecular weight is 376 g/mol. The van der Waals surface area contributed by atoms with E-state index < -0.39 is 0 Å². The molecule has 1 aliphatic carbocycles. The monoisotopic (exact) mass is 375 g/mol. The van der Waals surface area contributed by atoms with Gasteiger partial charge in [0.1, 0.15) is 10.8 Å². The second-order valence-electron chi connectivity index (χ2n) is 7.71. The van der Waals surface area contributed by atoms with Crippen LogP contribution >= 0.6 is 11.6 Å². The molecular formula is C18H26ClN7. The van der Waals surface area contributed by atoms with Gasteiger partial charge in [0.15, 0.2) is 5.82 Å². The average Bonchev–Trinajstić information content (AvgIpc) is 3.04. The molecule has 26 heavy (non-hydrogen) atoms. The summed E-state index contributed by atoms with van der Waals surface area (Å²) in [6, 6.07) is 0. The molecule has 140 valence electrons. The Bertz CT molecular complexity index is 772. The highest BCUT2D eigenvalue weighted by Crippen LogP contribution is 2.48. The molecule has 2 aromatic rings. The Balaban J connectivity index is 1.52. The van der Waals surface area contributed by atoms with Crippen molar-refractivity contribution >= 4 is 29.2 Å². The second kappa shape index (κ2) is 7.04. The molecule has 3 heterocycles. The third kappa shape index (κ3) is 3.50. The number of anilines is 3. The van der Waals surface area contributed by atoms with E-state index in [1.807, 2.05) is 17.8 Å². The molecule has 1 saturated heterocycles. The lowest BCUT2D eigenvalue weighted by Crippen LogP contribution is -2.39. The molecule has 2 aromatic heterocycles. The summed E-state index contributed by atoms with van der Waals surface area (Å²) in [6.07, 6.45) is 10.9. The maximum absolute atomic E-state index is 6.48. The summed E-state index contributed by atoms with van der Waals surface area (Å²) in [7, 11) is 1.92. The Hall–Kier alpha value is -1.86. The van der Waals surface area contributed by atoms with Crippen LogP contribution in [0.1, 0.15) is 50.1 Å². The van der Waals surface area contributed by atoms with E-state index in [1.54, 1.807) is 6.33 Å². The van der Waals surface area contributed by atoms with Crippen LogP contribution in [0, 0.1) is 5.41 Å². The number of aromatic nitrogens is 4. The predicted octanol–water partition coefficient (Wildman–Crippen LogP) is 3.22. The molecule has 0 atom stereocenters. The van der Waals surface area contributed by atoms with Crippen LogP contribution in [-0.2, 0) is 7.05 Å². The fourth-order valence-electron chi connectivity index (χ4n) is 4.36. The lowest BCUT2D eigenvalue weighted by Gasteiger charge is -2.43. The molecule has 7 nitrogen and oxygen atoms in total. The van der Waals surface area contributed by atoms with Crippen LogP contribution in [0.3, 0.4) is 0 Å². The SMILES string of the molecule is Cn1cnc(Nc2nc(N)c(Cl)c(C3CCC4(CCNCC4)CC3)n2)c1. The maximum Gasteiger partial charge on any atom is 0.230 e. The van der Waals surface area contributed by atoms with Crippen molar-refractivity contribution in [1.82, 2.24) is 24.8 Å². The Kier molecular flexibility index (Phi) is 4.75. The van der Waals surface area contributed by atoms with Crippen molar-refractivity contribution in [3.05, 3.63) is 23.2 Å². The number of hydrogen-bond acceptors (Lipinski definition) is 6. The Morgan fingerprint density at radius 3 is 2.62 bits per heavy atom. The van der Waals surface area contributed by atoms with Gasteiger partial charge in [-0.2, -0.15) is 4.98 Å². The van der Waals surface area contributed by atoms with Crippen LogP contribution in [0.25, 0.3) is 0 Å². The van der Waals surface area contributed by atoms with Crippen LogP contribution < -0.4 is 16.4 Å². The van der Waals surface area contributed by atoms with E-state index in [0.717, 1.165) is 31.6 Å². The molecule has 0 aromatic carbocycles. The Labute approximate surface area is 158 Å². The first kappa shape index (κ1) is 17.5. The van der Waals surface area contributed by atoms with Gasteiger partial charge in [0, 0.05) is 19.2 Å². The minimum Gasteiger partial charge on any atom is -0.382 e. The molecule has 4 rings (SSSR count). The molecule has 0 unspecified atom stereocenters. The fourth-order valence-corrected chi connectivity index (χ4v) is 4.60. The minimum atomic E-state index is 0.331. The van der Waals surface area contributed by atoms with Gasteiger partial charge in [-0.1, -0.05) is 11.6 Å². The number of nitrogens with zero attached hydrogens (tertiary/aromatic N) is 4. The molecule has 4 N–H and O–H groups in total. The van der Waals surface area contributed by atoms with Crippen molar-refractivity contribution < 1.29 is 0 Å². The summed E-state index contributed by atoms with van der Waals surface area (Å²) >= 11 is 6.48. The number of halogens is 1. The molecule has 0 amide bonds. The van der Waals surface area contributed by atoms with Gasteiger partial charge >= 0.3 is 0 Å². The first-order valence-corrected chi connectivity index (χ1v) is 9.71. The maximum atomic E-state index is 6.48. The highest BCUT2D eigenvalue weighted by Gasteiger charge is 2.37. The summed E-state index contributed by atoms with van der Waals surface area (Å²) < 4.78 is 1.86. The van der Waals surface area contributed by atoms with Crippen molar-refractivity contribution in [1.29, 1.82) is 0 Å². The summed E-state index contributed by atoms with van der Waals surface area (Å²) in [5.41, 5.74) is 7.46. The van der Waals surface area contributed by atoms with Crippen LogP contribution in [-0.4, -0.2) is 32.6 Å². The fraction of sp³-hybridized carbons (Fsp3) is 0.611. The normalized spacial score (nSPS) is 20.4. The smallest absolute Gasteiger partial charge is 0.230 e. The van der Waals surface area contributed by atoms with Crippen molar-refractivity contribution in [2.75, 3.05) is 24.1 Å². The van der Waals surface area contributed by atoms with Gasteiger partial charge in [-0.15, -0.1) is 0 Å². The number of nitrogen functional groups attached to an aromatic ring is 1. The minimum absolute atomic E-state index is 0.331. The standard InChI is InChI=1S/C18H26ClN7/c1-26-10-13(22-11-26)23-17-24-15(14(19)16(20)25-17)12-2-4-18(5-3-12)6-8-21-9-7-18/h10-12,21H,2-9H2,1H3,(H3,20,23,24,25). The topological polar surface area (TPSA) is 93.7 Å². The molecule has 2 aliphatic rings.